The predicted molar refractivity (Wildman–Crippen MR) is 109 cm³/mol. The second kappa shape index (κ2) is 9.12. The molecule has 2 saturated heterocycles. The van der Waals surface area contributed by atoms with Crippen LogP contribution in [0.3, 0.4) is 0 Å². The third-order valence-electron chi connectivity index (χ3n) is 5.74. The highest BCUT2D eigenvalue weighted by Crippen LogP contribution is 2.48. The van der Waals surface area contributed by atoms with E-state index in [1.54, 1.807) is 19.2 Å². The van der Waals surface area contributed by atoms with E-state index in [4.69, 9.17) is 4.84 Å². The first kappa shape index (κ1) is 18.8. The molecule has 2 unspecified atom stereocenters. The normalized spacial score (nSPS) is 29.7. The van der Waals surface area contributed by atoms with Gasteiger partial charge in [0.25, 0.3) is 0 Å². The van der Waals surface area contributed by atoms with Gasteiger partial charge < -0.3 is 4.84 Å². The molecular weight excluding hydrogens is 430 g/mol. The van der Waals surface area contributed by atoms with Crippen LogP contribution in [0.1, 0.15) is 43.6 Å². The predicted octanol–water partition coefficient (Wildman–Crippen LogP) is 5.12. The Bertz CT molecular complexity index is 604. The summed E-state index contributed by atoms with van der Waals surface area (Å²) in [6.45, 7) is 1.04. The average Bonchev–Trinajstić information content (AvgIpc) is 2.92. The van der Waals surface area contributed by atoms with Gasteiger partial charge in [0, 0.05) is 24.8 Å². The Morgan fingerprint density at radius 1 is 1.32 bits per heavy atom. The van der Waals surface area contributed by atoms with Gasteiger partial charge in [0.15, 0.2) is 0 Å². The van der Waals surface area contributed by atoms with Gasteiger partial charge in [-0.25, -0.2) is 4.39 Å². The molecule has 1 aromatic carbocycles. The van der Waals surface area contributed by atoms with E-state index in [9.17, 15) is 4.39 Å². The van der Waals surface area contributed by atoms with Crippen molar-refractivity contribution >= 4 is 28.8 Å². The van der Waals surface area contributed by atoms with Gasteiger partial charge in [0.2, 0.25) is 0 Å². The Morgan fingerprint density at radius 3 is 2.84 bits per heavy atom. The molecule has 2 aliphatic heterocycles. The second-order valence-corrected chi connectivity index (χ2v) is 7.68. The number of oxime groups is 1. The van der Waals surface area contributed by atoms with Crippen molar-refractivity contribution in [3.8, 4) is 0 Å². The Kier molecular flexibility index (Phi) is 6.87. The smallest absolute Gasteiger partial charge is 0.123 e. The Hall–Kier alpha value is -0.950. The van der Waals surface area contributed by atoms with Gasteiger partial charge in [-0.05, 0) is 65.7 Å². The van der Waals surface area contributed by atoms with Crippen LogP contribution in [0.25, 0.3) is 0 Å². The maximum Gasteiger partial charge on any atom is 0.123 e. The summed E-state index contributed by atoms with van der Waals surface area (Å²) in [4.78, 5) is 7.49. The van der Waals surface area contributed by atoms with E-state index < -0.39 is 0 Å². The minimum Gasteiger partial charge on any atom is -0.399 e. The first-order valence-corrected chi connectivity index (χ1v) is 10.3. The summed E-state index contributed by atoms with van der Waals surface area (Å²) in [5, 5.41) is 3.90. The molecule has 0 aliphatic carbocycles. The fourth-order valence-corrected chi connectivity index (χ4v) is 4.97. The Balaban J connectivity index is 1.81. The van der Waals surface area contributed by atoms with E-state index in [0.29, 0.717) is 23.9 Å². The monoisotopic (exact) mass is 456 g/mol. The van der Waals surface area contributed by atoms with Crippen LogP contribution >= 0.6 is 22.6 Å². The third kappa shape index (κ3) is 4.42. The fraction of sp³-hybridized carbons (Fsp3) is 0.550. The lowest BCUT2D eigenvalue weighted by Gasteiger charge is -2.45. The van der Waals surface area contributed by atoms with Crippen molar-refractivity contribution in [2.45, 2.75) is 50.1 Å². The summed E-state index contributed by atoms with van der Waals surface area (Å²) in [6.07, 6.45) is 9.86. The number of halogens is 2. The SMILES string of the molecule is CON=CCC[C@@H]1C2CCC(C[C@@H]1c1ccc(F)cc1)N2CC=CI. The molecule has 2 aliphatic rings. The molecule has 3 nitrogen and oxygen atoms in total. The molecule has 1 aromatic rings. The summed E-state index contributed by atoms with van der Waals surface area (Å²) < 4.78 is 15.5. The first-order chi connectivity index (χ1) is 12.2. The maximum absolute atomic E-state index is 13.4. The van der Waals surface area contributed by atoms with E-state index in [-0.39, 0.29) is 5.82 Å². The number of fused-ring (bicyclic) bond motifs is 2. The second-order valence-electron chi connectivity index (χ2n) is 6.96. The van der Waals surface area contributed by atoms with Crippen LogP contribution in [-0.2, 0) is 4.84 Å². The molecule has 0 spiro atoms. The zero-order valence-corrected chi connectivity index (χ0v) is 16.8. The van der Waals surface area contributed by atoms with Gasteiger partial charge in [-0.15, -0.1) is 0 Å². The highest BCUT2D eigenvalue weighted by atomic mass is 127. The van der Waals surface area contributed by atoms with Gasteiger partial charge in [0.05, 0.1) is 0 Å². The molecule has 0 aromatic heterocycles. The van der Waals surface area contributed by atoms with E-state index in [1.165, 1.54) is 24.8 Å². The molecular formula is C20H26FIN2O. The van der Waals surface area contributed by atoms with Crippen molar-refractivity contribution in [3.05, 3.63) is 45.8 Å². The van der Waals surface area contributed by atoms with Crippen molar-refractivity contribution in [2.75, 3.05) is 13.7 Å². The molecule has 5 heteroatoms. The zero-order valence-electron chi connectivity index (χ0n) is 14.7. The number of piperidine rings is 1. The van der Waals surface area contributed by atoms with Crippen molar-refractivity contribution in [1.82, 2.24) is 4.90 Å². The summed E-state index contributed by atoms with van der Waals surface area (Å²) in [7, 11) is 1.58. The fourth-order valence-electron chi connectivity index (χ4n) is 4.74. The van der Waals surface area contributed by atoms with Gasteiger partial charge in [-0.3, -0.25) is 4.90 Å². The van der Waals surface area contributed by atoms with Crippen molar-refractivity contribution in [1.29, 1.82) is 0 Å². The maximum atomic E-state index is 13.4. The molecule has 4 atom stereocenters. The van der Waals surface area contributed by atoms with Crippen LogP contribution in [0, 0.1) is 11.7 Å². The minimum atomic E-state index is -0.153. The van der Waals surface area contributed by atoms with Crippen LogP contribution in [0.4, 0.5) is 4.39 Å². The molecule has 0 saturated carbocycles. The van der Waals surface area contributed by atoms with Crippen LogP contribution in [0.15, 0.2) is 39.6 Å². The largest absolute Gasteiger partial charge is 0.399 e. The average molecular weight is 456 g/mol. The first-order valence-electron chi connectivity index (χ1n) is 9.06. The number of hydrogen-bond donors (Lipinski definition) is 0. The lowest BCUT2D eigenvalue weighted by atomic mass is 9.74. The van der Waals surface area contributed by atoms with Gasteiger partial charge in [-0.1, -0.05) is 46.0 Å². The summed E-state index contributed by atoms with van der Waals surface area (Å²) >= 11 is 2.30. The Morgan fingerprint density at radius 2 is 2.12 bits per heavy atom. The highest BCUT2D eigenvalue weighted by molar-refractivity contribution is 14.1. The summed E-state index contributed by atoms with van der Waals surface area (Å²) in [6, 6.07) is 8.43. The van der Waals surface area contributed by atoms with Crippen molar-refractivity contribution in [3.63, 3.8) is 0 Å². The number of rotatable bonds is 7. The van der Waals surface area contributed by atoms with Gasteiger partial charge in [-0.2, -0.15) is 0 Å². The third-order valence-corrected chi connectivity index (χ3v) is 6.25. The van der Waals surface area contributed by atoms with Crippen LogP contribution in [0.5, 0.6) is 0 Å². The summed E-state index contributed by atoms with van der Waals surface area (Å²) in [5.41, 5.74) is 1.29. The molecule has 0 amide bonds. The van der Waals surface area contributed by atoms with Crippen LogP contribution in [0.2, 0.25) is 0 Å². The molecule has 3 rings (SSSR count). The van der Waals surface area contributed by atoms with E-state index in [0.717, 1.165) is 19.4 Å². The molecule has 136 valence electrons. The standard InChI is InChI=1S/C20H26FIN2O/c1-25-23-12-2-4-18-19(15-5-7-16(21)8-6-15)14-17-9-10-20(18)24(17)13-3-11-22/h3,5-8,11-12,17-20H,2,4,9-10,13-14H2,1H3/t17?,18-,19+,20?/m0/s1. The number of nitrogens with zero attached hydrogens (tertiary/aromatic N) is 2. The van der Waals surface area contributed by atoms with E-state index >= 15 is 0 Å². The Labute approximate surface area is 163 Å². The number of benzene rings is 1. The molecule has 25 heavy (non-hydrogen) atoms. The van der Waals surface area contributed by atoms with Crippen molar-refractivity contribution < 1.29 is 9.23 Å². The lowest BCUT2D eigenvalue weighted by molar-refractivity contribution is 0.0814. The van der Waals surface area contributed by atoms with E-state index in [1.807, 2.05) is 18.3 Å². The zero-order chi connectivity index (χ0) is 17.6. The minimum absolute atomic E-state index is 0.153. The lowest BCUT2D eigenvalue weighted by Crippen LogP contribution is -2.48. The molecule has 0 N–H and O–H groups in total. The molecule has 2 bridgehead atoms. The van der Waals surface area contributed by atoms with E-state index in [2.05, 4.69) is 42.8 Å². The van der Waals surface area contributed by atoms with Crippen molar-refractivity contribution in [2.24, 2.45) is 11.1 Å². The number of hydrogen-bond acceptors (Lipinski definition) is 3. The van der Waals surface area contributed by atoms with Gasteiger partial charge in [0.1, 0.15) is 12.9 Å². The highest BCUT2D eigenvalue weighted by Gasteiger charge is 2.46. The quantitative estimate of drug-likeness (QED) is 0.323. The topological polar surface area (TPSA) is 24.8 Å². The molecule has 2 heterocycles. The van der Waals surface area contributed by atoms with Crippen LogP contribution in [-0.4, -0.2) is 36.9 Å². The molecule has 0 radical (unpaired) electrons. The van der Waals surface area contributed by atoms with Crippen LogP contribution < -0.4 is 0 Å². The summed E-state index contributed by atoms with van der Waals surface area (Å²) in [5.74, 6) is 0.934. The molecule has 2 fully saturated rings. The van der Waals surface area contributed by atoms with Gasteiger partial charge >= 0.3 is 0 Å².